The third-order valence-corrected chi connectivity index (χ3v) is 6.79. The Labute approximate surface area is 218 Å². The number of phenolic OH excluding ortho intramolecular Hbond substituents is 1. The summed E-state index contributed by atoms with van der Waals surface area (Å²) < 4.78 is 20.5. The molecule has 1 aliphatic heterocycles. The van der Waals surface area contributed by atoms with E-state index in [-0.39, 0.29) is 11.4 Å². The Morgan fingerprint density at radius 2 is 2.08 bits per heavy atom. The molecule has 5 rings (SSSR count). The maximum absolute atomic E-state index is 14.0. The predicted octanol–water partition coefficient (Wildman–Crippen LogP) is 4.14. The van der Waals surface area contributed by atoms with Gasteiger partial charge in [0.15, 0.2) is 0 Å². The van der Waals surface area contributed by atoms with E-state index in [1.807, 2.05) is 13.1 Å². The highest BCUT2D eigenvalue weighted by Crippen LogP contribution is 2.33. The van der Waals surface area contributed by atoms with Crippen molar-refractivity contribution in [3.8, 4) is 28.3 Å². The number of hydrogen-bond donors (Lipinski definition) is 2. The first-order chi connectivity index (χ1) is 17.8. The molecule has 0 saturated carbocycles. The van der Waals surface area contributed by atoms with Crippen molar-refractivity contribution in [2.75, 3.05) is 27.2 Å². The van der Waals surface area contributed by atoms with Gasteiger partial charge in [-0.25, -0.2) is 4.39 Å². The Morgan fingerprint density at radius 1 is 1.24 bits per heavy atom. The van der Waals surface area contributed by atoms with Crippen LogP contribution in [0, 0.1) is 5.82 Å². The maximum atomic E-state index is 14.0. The molecule has 0 unspecified atom stereocenters. The van der Waals surface area contributed by atoms with Gasteiger partial charge >= 0.3 is 0 Å². The Balaban J connectivity index is 1.71. The Hall–Kier alpha value is -3.53. The number of fused-ring (bicyclic) bond motifs is 1. The highest BCUT2D eigenvalue weighted by Gasteiger charge is 2.21. The predicted molar refractivity (Wildman–Crippen MR) is 141 cm³/mol. The van der Waals surface area contributed by atoms with Gasteiger partial charge in [0, 0.05) is 48.0 Å². The highest BCUT2D eigenvalue weighted by atomic mass is 35.5. The van der Waals surface area contributed by atoms with Gasteiger partial charge in [-0.3, -0.25) is 9.78 Å². The van der Waals surface area contributed by atoms with Crippen molar-refractivity contribution in [3.05, 3.63) is 75.5 Å². The van der Waals surface area contributed by atoms with E-state index in [1.165, 1.54) is 12.3 Å². The fourth-order valence-corrected chi connectivity index (χ4v) is 5.14. The first kappa shape index (κ1) is 25.1. The second kappa shape index (κ2) is 10.5. The zero-order chi connectivity index (χ0) is 26.1. The summed E-state index contributed by atoms with van der Waals surface area (Å²) in [5, 5.41) is 18.5. The van der Waals surface area contributed by atoms with Crippen LogP contribution in [0.3, 0.4) is 0 Å². The third-order valence-electron chi connectivity index (χ3n) is 6.57. The number of pyridine rings is 1. The molecule has 10 heteroatoms. The summed E-state index contributed by atoms with van der Waals surface area (Å²) in [5.41, 5.74) is 2.31. The first-order valence-corrected chi connectivity index (χ1v) is 12.4. The number of nitrogens with zero attached hydrogens (tertiary/aromatic N) is 4. The number of nitrogens with one attached hydrogen (secondary N) is 1. The number of ether oxygens (including phenoxy) is 1. The standard InChI is InChI=1S/C27H27ClFN5O3/c1-33(14-19-4-3-5-30-19)15-24-23(16-6-17(28)8-22(7-16)37-2)12-31-25-13-32-34(27(36)26(24)25)20-9-18(29)10-21(35)11-20/h6-13,19,30,35H,3-5,14-15H2,1-2H3/t19-/m0/s1. The molecule has 0 amide bonds. The molecule has 8 nitrogen and oxygen atoms in total. The van der Waals surface area contributed by atoms with Gasteiger partial charge in [0.1, 0.15) is 17.3 Å². The SMILES string of the molecule is COc1cc(Cl)cc(-c2cnc3cnn(-c4cc(O)cc(F)c4)c(=O)c3c2CN(C)C[C@@H]2CCCN2)c1. The van der Waals surface area contributed by atoms with Crippen LogP contribution >= 0.6 is 11.6 Å². The van der Waals surface area contributed by atoms with Crippen LogP contribution in [0.1, 0.15) is 18.4 Å². The molecule has 1 atom stereocenters. The van der Waals surface area contributed by atoms with E-state index >= 15 is 0 Å². The molecule has 0 radical (unpaired) electrons. The van der Waals surface area contributed by atoms with Crippen molar-refractivity contribution >= 4 is 22.5 Å². The summed E-state index contributed by atoms with van der Waals surface area (Å²) in [6, 6.07) is 9.15. The van der Waals surface area contributed by atoms with Crippen LogP contribution in [0.5, 0.6) is 11.5 Å². The number of benzene rings is 2. The van der Waals surface area contributed by atoms with Gasteiger partial charge in [0.2, 0.25) is 0 Å². The molecule has 2 aromatic carbocycles. The van der Waals surface area contributed by atoms with Gasteiger partial charge in [0.25, 0.3) is 5.56 Å². The van der Waals surface area contributed by atoms with E-state index in [9.17, 15) is 14.3 Å². The summed E-state index contributed by atoms with van der Waals surface area (Å²) in [4.78, 5) is 20.5. The van der Waals surface area contributed by atoms with Crippen LogP contribution in [0.2, 0.25) is 5.02 Å². The molecule has 3 heterocycles. The molecule has 0 aliphatic carbocycles. The highest BCUT2D eigenvalue weighted by molar-refractivity contribution is 6.31. The molecule has 0 spiro atoms. The largest absolute Gasteiger partial charge is 0.508 e. The van der Waals surface area contributed by atoms with Crippen molar-refractivity contribution in [1.82, 2.24) is 25.0 Å². The molecule has 37 heavy (non-hydrogen) atoms. The number of phenols is 1. The van der Waals surface area contributed by atoms with Crippen LogP contribution < -0.4 is 15.6 Å². The number of halogens is 2. The average molecular weight is 524 g/mol. The zero-order valence-electron chi connectivity index (χ0n) is 20.5. The topological polar surface area (TPSA) is 92.5 Å². The molecule has 4 aromatic rings. The average Bonchev–Trinajstić information content (AvgIpc) is 3.36. The first-order valence-electron chi connectivity index (χ1n) is 12.0. The zero-order valence-corrected chi connectivity index (χ0v) is 21.3. The van der Waals surface area contributed by atoms with Crippen molar-refractivity contribution < 1.29 is 14.2 Å². The number of rotatable bonds is 7. The van der Waals surface area contributed by atoms with Gasteiger partial charge in [-0.2, -0.15) is 9.78 Å². The molecule has 2 aromatic heterocycles. The van der Waals surface area contributed by atoms with E-state index in [2.05, 4.69) is 20.3 Å². The molecule has 192 valence electrons. The monoisotopic (exact) mass is 523 g/mol. The van der Waals surface area contributed by atoms with Crippen molar-refractivity contribution in [3.63, 3.8) is 0 Å². The molecular weight excluding hydrogens is 497 g/mol. The van der Waals surface area contributed by atoms with Gasteiger partial charge < -0.3 is 20.1 Å². The Kier molecular flexibility index (Phi) is 7.10. The van der Waals surface area contributed by atoms with E-state index in [4.69, 9.17) is 16.3 Å². The molecule has 1 saturated heterocycles. The lowest BCUT2D eigenvalue weighted by Crippen LogP contribution is -2.35. The van der Waals surface area contributed by atoms with Gasteiger partial charge in [-0.1, -0.05) is 11.6 Å². The summed E-state index contributed by atoms with van der Waals surface area (Å²) in [7, 11) is 3.58. The lowest BCUT2D eigenvalue weighted by molar-refractivity contribution is 0.294. The van der Waals surface area contributed by atoms with E-state index in [1.54, 1.807) is 25.4 Å². The molecule has 1 aliphatic rings. The van der Waals surface area contributed by atoms with Crippen molar-refractivity contribution in [2.24, 2.45) is 0 Å². The summed E-state index contributed by atoms with van der Waals surface area (Å²) >= 11 is 6.38. The number of methoxy groups -OCH3 is 1. The Morgan fingerprint density at radius 3 is 2.81 bits per heavy atom. The van der Waals surface area contributed by atoms with E-state index in [0.717, 1.165) is 59.4 Å². The molecule has 2 N–H and O–H groups in total. The van der Waals surface area contributed by atoms with Gasteiger partial charge in [-0.15, -0.1) is 0 Å². The number of aromatic hydroxyl groups is 1. The van der Waals surface area contributed by atoms with Gasteiger partial charge in [0.05, 0.1) is 29.9 Å². The second-order valence-corrected chi connectivity index (χ2v) is 9.75. The number of aromatic nitrogens is 3. The summed E-state index contributed by atoms with van der Waals surface area (Å²) in [6.07, 6.45) is 5.42. The quantitative estimate of drug-likeness (QED) is 0.376. The molecular formula is C27H27ClFN5O3. The lowest BCUT2D eigenvalue weighted by atomic mass is 9.98. The normalized spacial score (nSPS) is 15.5. The third kappa shape index (κ3) is 5.29. The second-order valence-electron chi connectivity index (χ2n) is 9.31. The fraction of sp³-hybridized carbons (Fsp3) is 0.296. The number of likely N-dealkylation sites (N-methyl/N-ethyl adjacent to an activating group) is 1. The minimum atomic E-state index is -0.675. The van der Waals surface area contributed by atoms with Crippen molar-refractivity contribution in [1.29, 1.82) is 0 Å². The van der Waals surface area contributed by atoms with Gasteiger partial charge in [-0.05, 0) is 61.8 Å². The van der Waals surface area contributed by atoms with E-state index < -0.39 is 11.4 Å². The van der Waals surface area contributed by atoms with Crippen LogP contribution in [-0.4, -0.2) is 58.1 Å². The summed E-state index contributed by atoms with van der Waals surface area (Å²) in [6.45, 7) is 2.26. The Bertz CT molecular complexity index is 1500. The lowest BCUT2D eigenvalue weighted by Gasteiger charge is -2.23. The van der Waals surface area contributed by atoms with Crippen LogP contribution in [-0.2, 0) is 6.54 Å². The maximum Gasteiger partial charge on any atom is 0.281 e. The van der Waals surface area contributed by atoms with Crippen LogP contribution in [0.25, 0.3) is 27.7 Å². The van der Waals surface area contributed by atoms with Crippen molar-refractivity contribution in [2.45, 2.75) is 25.4 Å². The molecule has 1 fully saturated rings. The minimum Gasteiger partial charge on any atom is -0.508 e. The smallest absolute Gasteiger partial charge is 0.281 e. The van der Waals surface area contributed by atoms with E-state index in [0.29, 0.717) is 34.3 Å². The van der Waals surface area contributed by atoms with Crippen LogP contribution in [0.15, 0.2) is 53.6 Å². The number of hydrogen-bond acceptors (Lipinski definition) is 7. The van der Waals surface area contributed by atoms with Crippen LogP contribution in [0.4, 0.5) is 4.39 Å². The summed E-state index contributed by atoms with van der Waals surface area (Å²) in [5.74, 6) is -0.393. The molecule has 0 bridgehead atoms. The fourth-order valence-electron chi connectivity index (χ4n) is 4.91. The minimum absolute atomic E-state index is 0.119.